The highest BCUT2D eigenvalue weighted by Crippen LogP contribution is 2.14. The monoisotopic (exact) mass is 273 g/mol. The first-order chi connectivity index (χ1) is 9.56. The zero-order valence-electron chi connectivity index (χ0n) is 12.0. The van der Waals surface area contributed by atoms with Crippen molar-refractivity contribution in [1.29, 1.82) is 0 Å². The zero-order chi connectivity index (χ0) is 14.7. The number of hydrogen-bond donors (Lipinski definition) is 1. The van der Waals surface area contributed by atoms with Crippen molar-refractivity contribution in [2.75, 3.05) is 13.6 Å². The number of Topliss-reactive ketones (excluding diaryl/α,β-unsaturated/α-hetero) is 1. The quantitative estimate of drug-likeness (QED) is 0.842. The number of aromatic nitrogens is 2. The van der Waals surface area contributed by atoms with Crippen LogP contribution in [0.2, 0.25) is 0 Å². The summed E-state index contributed by atoms with van der Waals surface area (Å²) in [5, 5.41) is 2.84. The lowest BCUT2D eigenvalue weighted by atomic mass is 10.1. The van der Waals surface area contributed by atoms with Crippen LogP contribution in [0.1, 0.15) is 30.2 Å². The Balaban J connectivity index is 2.54. The van der Waals surface area contributed by atoms with E-state index in [1.54, 1.807) is 42.2 Å². The van der Waals surface area contributed by atoms with Gasteiger partial charge < -0.3 is 5.32 Å². The van der Waals surface area contributed by atoms with E-state index >= 15 is 0 Å². The molecule has 1 aromatic carbocycles. The van der Waals surface area contributed by atoms with Crippen LogP contribution in [0.15, 0.2) is 41.5 Å². The van der Waals surface area contributed by atoms with Crippen molar-refractivity contribution in [3.05, 3.63) is 52.7 Å². The largest absolute Gasteiger partial charge is 0.332 e. The zero-order valence-corrected chi connectivity index (χ0v) is 12.0. The van der Waals surface area contributed by atoms with Gasteiger partial charge in [0, 0.05) is 24.0 Å². The number of imidazole rings is 1. The summed E-state index contributed by atoms with van der Waals surface area (Å²) in [6.45, 7) is 4.14. The van der Waals surface area contributed by atoms with Gasteiger partial charge in [-0.1, -0.05) is 12.1 Å². The van der Waals surface area contributed by atoms with Crippen LogP contribution in [-0.2, 0) is 0 Å². The number of nitrogens with zero attached hydrogens (tertiary/aromatic N) is 2. The lowest BCUT2D eigenvalue weighted by Crippen LogP contribution is -2.26. The fraction of sp³-hybridized carbons (Fsp3) is 0.333. The molecule has 0 radical (unpaired) electrons. The molecule has 1 aromatic heterocycles. The second kappa shape index (κ2) is 5.88. The molecule has 20 heavy (non-hydrogen) atoms. The number of carbonyl (C=O) groups excluding carboxylic acids is 1. The molecular weight excluding hydrogens is 254 g/mol. The van der Waals surface area contributed by atoms with Crippen LogP contribution in [0.4, 0.5) is 0 Å². The van der Waals surface area contributed by atoms with E-state index < -0.39 is 0 Å². The summed E-state index contributed by atoms with van der Waals surface area (Å²) in [7, 11) is 1.72. The molecule has 0 unspecified atom stereocenters. The van der Waals surface area contributed by atoms with Crippen LogP contribution in [-0.4, -0.2) is 28.5 Å². The molecule has 2 aromatic rings. The molecule has 0 amide bonds. The maximum Gasteiger partial charge on any atom is 0.332 e. The summed E-state index contributed by atoms with van der Waals surface area (Å²) in [6, 6.07) is 7.24. The highest BCUT2D eigenvalue weighted by atomic mass is 16.2. The Morgan fingerprint density at radius 1 is 1.25 bits per heavy atom. The van der Waals surface area contributed by atoms with Crippen LogP contribution < -0.4 is 11.0 Å². The first-order valence-electron chi connectivity index (χ1n) is 6.63. The van der Waals surface area contributed by atoms with E-state index in [-0.39, 0.29) is 24.1 Å². The van der Waals surface area contributed by atoms with Gasteiger partial charge in [-0.15, -0.1) is 0 Å². The average molecular weight is 273 g/mol. The van der Waals surface area contributed by atoms with E-state index in [0.717, 1.165) is 0 Å². The van der Waals surface area contributed by atoms with Crippen LogP contribution in [0, 0.1) is 0 Å². The lowest BCUT2D eigenvalue weighted by Gasteiger charge is -2.09. The fourth-order valence-electron chi connectivity index (χ4n) is 2.14. The Morgan fingerprint density at radius 3 is 2.55 bits per heavy atom. The topological polar surface area (TPSA) is 56.0 Å². The first kappa shape index (κ1) is 14.3. The Bertz CT molecular complexity index is 668. The average Bonchev–Trinajstić information content (AvgIpc) is 2.81. The predicted molar refractivity (Wildman–Crippen MR) is 78.7 cm³/mol. The Labute approximate surface area is 117 Å². The lowest BCUT2D eigenvalue weighted by molar-refractivity contribution is 0.0993. The minimum absolute atomic E-state index is 0.0349. The van der Waals surface area contributed by atoms with Crippen molar-refractivity contribution in [2.24, 2.45) is 0 Å². The summed E-state index contributed by atoms with van der Waals surface area (Å²) in [5.41, 5.74) is 1.03. The Kier molecular flexibility index (Phi) is 4.20. The van der Waals surface area contributed by atoms with E-state index in [9.17, 15) is 9.59 Å². The minimum atomic E-state index is -0.135. The van der Waals surface area contributed by atoms with Crippen LogP contribution in [0.25, 0.3) is 5.69 Å². The summed E-state index contributed by atoms with van der Waals surface area (Å²) < 4.78 is 3.15. The standard InChI is InChI=1S/C15H19N3O2/c1-11(2)17-8-9-18(15(17)20)13-7-5-4-6-12(13)14(19)10-16-3/h4-9,11,16H,10H2,1-3H3. The van der Waals surface area contributed by atoms with Gasteiger partial charge in [-0.05, 0) is 33.0 Å². The predicted octanol–water partition coefficient (Wildman–Crippen LogP) is 1.62. The molecule has 0 aliphatic carbocycles. The summed E-state index contributed by atoms with van der Waals surface area (Å²) in [6.07, 6.45) is 3.44. The van der Waals surface area contributed by atoms with Gasteiger partial charge >= 0.3 is 5.69 Å². The molecule has 0 spiro atoms. The van der Waals surface area contributed by atoms with E-state index in [4.69, 9.17) is 0 Å². The van der Waals surface area contributed by atoms with Crippen molar-refractivity contribution in [3.63, 3.8) is 0 Å². The first-order valence-corrected chi connectivity index (χ1v) is 6.63. The van der Waals surface area contributed by atoms with Gasteiger partial charge in [0.1, 0.15) is 0 Å². The number of ketones is 1. The highest BCUT2D eigenvalue weighted by molar-refractivity contribution is 6.00. The van der Waals surface area contributed by atoms with Gasteiger partial charge in [0.05, 0.1) is 12.2 Å². The molecule has 106 valence electrons. The molecule has 2 rings (SSSR count). The van der Waals surface area contributed by atoms with Gasteiger partial charge in [-0.25, -0.2) is 4.79 Å². The van der Waals surface area contributed by atoms with Crippen LogP contribution in [0.3, 0.4) is 0 Å². The van der Waals surface area contributed by atoms with E-state index in [2.05, 4.69) is 5.32 Å². The molecule has 0 saturated heterocycles. The van der Waals surface area contributed by atoms with Crippen molar-refractivity contribution in [2.45, 2.75) is 19.9 Å². The molecule has 1 N–H and O–H groups in total. The van der Waals surface area contributed by atoms with Gasteiger partial charge in [-0.2, -0.15) is 0 Å². The smallest absolute Gasteiger partial charge is 0.313 e. The Hall–Kier alpha value is -2.14. The van der Waals surface area contributed by atoms with Crippen LogP contribution >= 0.6 is 0 Å². The molecule has 0 atom stereocenters. The van der Waals surface area contributed by atoms with Gasteiger partial charge in [0.15, 0.2) is 5.78 Å². The van der Waals surface area contributed by atoms with Crippen molar-refractivity contribution < 1.29 is 4.79 Å². The molecule has 0 aliphatic rings. The van der Waals surface area contributed by atoms with E-state index in [1.807, 2.05) is 19.9 Å². The summed E-state index contributed by atoms with van der Waals surface area (Å²) in [5.74, 6) is -0.0349. The minimum Gasteiger partial charge on any atom is -0.313 e. The number of para-hydroxylation sites is 1. The molecule has 5 nitrogen and oxygen atoms in total. The normalized spacial score (nSPS) is 11.0. The van der Waals surface area contributed by atoms with Crippen LogP contribution in [0.5, 0.6) is 0 Å². The summed E-state index contributed by atoms with van der Waals surface area (Å²) >= 11 is 0. The number of benzene rings is 1. The SMILES string of the molecule is CNCC(=O)c1ccccc1-n1ccn(C(C)C)c1=O. The number of hydrogen-bond acceptors (Lipinski definition) is 3. The third-order valence-electron chi connectivity index (χ3n) is 3.16. The maximum atomic E-state index is 12.3. The van der Waals surface area contributed by atoms with Crippen molar-refractivity contribution >= 4 is 5.78 Å². The van der Waals surface area contributed by atoms with Gasteiger partial charge in [0.25, 0.3) is 0 Å². The van der Waals surface area contributed by atoms with E-state index in [0.29, 0.717) is 11.3 Å². The molecule has 5 heteroatoms. The Morgan fingerprint density at radius 2 is 1.95 bits per heavy atom. The molecular formula is C15H19N3O2. The second-order valence-electron chi connectivity index (χ2n) is 4.92. The number of likely N-dealkylation sites (N-methyl/N-ethyl adjacent to an activating group) is 1. The van der Waals surface area contributed by atoms with Gasteiger partial charge in [-0.3, -0.25) is 13.9 Å². The number of rotatable bonds is 5. The third-order valence-corrected chi connectivity index (χ3v) is 3.16. The molecule has 0 saturated carbocycles. The second-order valence-corrected chi connectivity index (χ2v) is 4.92. The number of carbonyl (C=O) groups is 1. The van der Waals surface area contributed by atoms with E-state index in [1.165, 1.54) is 4.57 Å². The summed E-state index contributed by atoms with van der Waals surface area (Å²) in [4.78, 5) is 24.4. The molecule has 1 heterocycles. The molecule has 0 aliphatic heterocycles. The van der Waals surface area contributed by atoms with Gasteiger partial charge in [0.2, 0.25) is 0 Å². The maximum absolute atomic E-state index is 12.3. The third kappa shape index (κ3) is 2.58. The van der Waals surface area contributed by atoms with Crippen molar-refractivity contribution in [3.8, 4) is 5.69 Å². The molecule has 0 bridgehead atoms. The molecule has 0 fully saturated rings. The van der Waals surface area contributed by atoms with Crippen molar-refractivity contribution in [1.82, 2.24) is 14.5 Å². The fourth-order valence-corrected chi connectivity index (χ4v) is 2.14. The highest BCUT2D eigenvalue weighted by Gasteiger charge is 2.14. The number of nitrogens with one attached hydrogen (secondary N) is 1.